The molecule has 0 fully saturated rings. The van der Waals surface area contributed by atoms with Gasteiger partial charge in [0.25, 0.3) is 6.10 Å². The zero-order valence-electron chi connectivity index (χ0n) is 14.8. The van der Waals surface area contributed by atoms with E-state index >= 15 is 0 Å². The number of carbonyl (C=O) groups is 2. The zero-order valence-corrected chi connectivity index (χ0v) is 14.8. The molecule has 0 heterocycles. The molecule has 0 unspecified atom stereocenters. The summed E-state index contributed by atoms with van der Waals surface area (Å²) in [4.78, 5) is 20.8. The predicted octanol–water partition coefficient (Wildman–Crippen LogP) is 5.15. The van der Waals surface area contributed by atoms with E-state index in [-0.39, 0.29) is 6.08 Å². The van der Waals surface area contributed by atoms with Crippen molar-refractivity contribution in [1.29, 1.82) is 0 Å². The Morgan fingerprint density at radius 1 is 0.871 bits per heavy atom. The molecule has 17 heteroatoms. The molecule has 0 atom stereocenters. The lowest BCUT2D eigenvalue weighted by Crippen LogP contribution is -2.54. The maximum atomic E-state index is 12.5. The van der Waals surface area contributed by atoms with Gasteiger partial charge in [-0.15, -0.1) is 0 Å². The maximum Gasteiger partial charge on any atom is 0.460 e. The summed E-state index contributed by atoms with van der Waals surface area (Å²) in [6, 6.07) is 0. The Morgan fingerprint density at radius 2 is 1.26 bits per heavy atom. The Kier molecular flexibility index (Phi) is 10.1. The van der Waals surface area contributed by atoms with Gasteiger partial charge in [-0.2, -0.15) is 57.1 Å². The average Bonchev–Trinajstić information content (AvgIpc) is 2.54. The summed E-state index contributed by atoms with van der Waals surface area (Å²) in [5, 5.41) is 0. The van der Waals surface area contributed by atoms with Crippen LogP contribution in [0.4, 0.5) is 57.1 Å². The highest BCUT2D eigenvalue weighted by Crippen LogP contribution is 2.46. The fraction of sp³-hybridized carbons (Fsp3) is 0.571. The maximum absolute atomic E-state index is 12.5. The molecule has 182 valence electrons. The van der Waals surface area contributed by atoms with Crippen molar-refractivity contribution in [3.05, 3.63) is 24.8 Å². The Hall–Kier alpha value is -2.49. The smallest absolute Gasteiger partial charge is 0.456 e. The fourth-order valence-electron chi connectivity index (χ4n) is 1.06. The van der Waals surface area contributed by atoms with Gasteiger partial charge in [-0.1, -0.05) is 13.2 Å². The van der Waals surface area contributed by atoms with Gasteiger partial charge in [0, 0.05) is 11.6 Å². The normalized spacial score (nSPS) is 13.1. The lowest BCUT2D eigenvalue weighted by molar-refractivity contribution is -0.359. The van der Waals surface area contributed by atoms with E-state index in [0.717, 1.165) is 6.92 Å². The van der Waals surface area contributed by atoms with Crippen molar-refractivity contribution < 1.29 is 76.1 Å². The van der Waals surface area contributed by atoms with Crippen LogP contribution in [0, 0.1) is 0 Å². The molecular weight excluding hydrogens is 479 g/mol. The second-order valence-electron chi connectivity index (χ2n) is 5.24. The first-order valence-corrected chi connectivity index (χ1v) is 7.03. The third-order valence-corrected chi connectivity index (χ3v) is 2.54. The molecule has 0 rings (SSSR count). The van der Waals surface area contributed by atoms with Crippen molar-refractivity contribution in [2.45, 2.75) is 43.4 Å². The lowest BCUT2D eigenvalue weighted by Gasteiger charge is -2.27. The van der Waals surface area contributed by atoms with Gasteiger partial charge in [0.05, 0.1) is 0 Å². The molecule has 0 saturated heterocycles. The van der Waals surface area contributed by atoms with Crippen LogP contribution in [0.1, 0.15) is 6.92 Å². The number of alkyl halides is 13. The number of carbonyl (C=O) groups excluding carboxylic acids is 2. The second-order valence-corrected chi connectivity index (χ2v) is 5.24. The van der Waals surface area contributed by atoms with E-state index in [0.29, 0.717) is 0 Å². The van der Waals surface area contributed by atoms with Crippen LogP contribution >= 0.6 is 0 Å². The summed E-state index contributed by atoms with van der Waals surface area (Å²) in [5.41, 5.74) is -0.406. The quantitative estimate of drug-likeness (QED) is 0.294. The van der Waals surface area contributed by atoms with E-state index in [1.807, 2.05) is 0 Å². The molecule has 0 aliphatic rings. The summed E-state index contributed by atoms with van der Waals surface area (Å²) in [6.07, 6.45) is -21.7. The van der Waals surface area contributed by atoms with Crippen molar-refractivity contribution in [2.24, 2.45) is 0 Å². The number of ether oxygens (including phenoxy) is 2. The molecule has 0 aliphatic carbocycles. The minimum Gasteiger partial charge on any atom is -0.456 e. The van der Waals surface area contributed by atoms with Crippen LogP contribution < -0.4 is 0 Å². The number of hydrogen-bond acceptors (Lipinski definition) is 4. The molecule has 0 aliphatic heterocycles. The summed E-state index contributed by atoms with van der Waals surface area (Å²) < 4.78 is 161. The molecule has 0 aromatic rings. The van der Waals surface area contributed by atoms with Crippen molar-refractivity contribution >= 4 is 11.9 Å². The van der Waals surface area contributed by atoms with E-state index in [1.54, 1.807) is 0 Å². The van der Waals surface area contributed by atoms with E-state index in [1.165, 1.54) is 0 Å². The van der Waals surface area contributed by atoms with Crippen molar-refractivity contribution in [2.75, 3.05) is 6.61 Å². The van der Waals surface area contributed by atoms with Crippen LogP contribution in [0.15, 0.2) is 24.8 Å². The molecule has 0 radical (unpaired) electrons. The molecule has 0 bridgehead atoms. The zero-order chi connectivity index (χ0) is 25.6. The Bertz CT molecular complexity index is 645. The molecule has 4 nitrogen and oxygen atoms in total. The van der Waals surface area contributed by atoms with Gasteiger partial charge in [-0.3, -0.25) is 0 Å². The standard InChI is InChI=1S/C8H7F7O2.C6H4F6O2/c1-4(2)5(16)17-3-6(9,10)7(11,12)8(13,14)15;1-2-3(13)14-4(5(7,8)9)6(10,11)12/h1,3H2,2H3;2,4H,1H2. The molecule has 0 amide bonds. The number of esters is 2. The van der Waals surface area contributed by atoms with Crippen LogP contribution in [-0.4, -0.2) is 55.0 Å². The van der Waals surface area contributed by atoms with Crippen LogP contribution in [0.3, 0.4) is 0 Å². The van der Waals surface area contributed by atoms with E-state index in [2.05, 4.69) is 22.6 Å². The number of halogens is 13. The van der Waals surface area contributed by atoms with Gasteiger partial charge in [0.2, 0.25) is 0 Å². The van der Waals surface area contributed by atoms with E-state index in [9.17, 15) is 66.7 Å². The highest BCUT2D eigenvalue weighted by atomic mass is 19.4. The molecule has 0 spiro atoms. The largest absolute Gasteiger partial charge is 0.460 e. The van der Waals surface area contributed by atoms with Gasteiger partial charge in [-0.25, -0.2) is 9.59 Å². The Labute approximate surface area is 164 Å². The van der Waals surface area contributed by atoms with E-state index < -0.39 is 60.6 Å². The first-order valence-electron chi connectivity index (χ1n) is 7.03. The molecule has 0 aromatic heterocycles. The van der Waals surface area contributed by atoms with Gasteiger partial charge >= 0.3 is 42.3 Å². The monoisotopic (exact) mass is 490 g/mol. The Balaban J connectivity index is 0. The van der Waals surface area contributed by atoms with Crippen molar-refractivity contribution in [3.63, 3.8) is 0 Å². The van der Waals surface area contributed by atoms with Crippen molar-refractivity contribution in [3.8, 4) is 0 Å². The molecule has 0 aromatic carbocycles. The molecular formula is C14H11F13O4. The van der Waals surface area contributed by atoms with Gasteiger partial charge in [0.15, 0.2) is 6.61 Å². The molecule has 0 N–H and O–H groups in total. The fourth-order valence-corrected chi connectivity index (χ4v) is 1.06. The highest BCUT2D eigenvalue weighted by Gasteiger charge is 2.73. The van der Waals surface area contributed by atoms with Crippen LogP contribution in [0.5, 0.6) is 0 Å². The lowest BCUT2D eigenvalue weighted by atomic mass is 10.2. The number of hydrogen-bond donors (Lipinski definition) is 0. The Morgan fingerprint density at radius 3 is 1.52 bits per heavy atom. The predicted molar refractivity (Wildman–Crippen MR) is 73.9 cm³/mol. The van der Waals surface area contributed by atoms with Gasteiger partial charge in [0.1, 0.15) is 0 Å². The first kappa shape index (κ1) is 30.7. The minimum absolute atomic E-state index is 0.213. The number of rotatable bonds is 6. The first-order chi connectivity index (χ1) is 13.4. The minimum atomic E-state index is -6.44. The second kappa shape index (κ2) is 10.2. The summed E-state index contributed by atoms with van der Waals surface area (Å²) >= 11 is 0. The third-order valence-electron chi connectivity index (χ3n) is 2.54. The summed E-state index contributed by atoms with van der Waals surface area (Å²) in [6.45, 7) is 4.24. The van der Waals surface area contributed by atoms with E-state index in [4.69, 9.17) is 0 Å². The van der Waals surface area contributed by atoms with Crippen molar-refractivity contribution in [1.82, 2.24) is 0 Å². The molecule has 31 heavy (non-hydrogen) atoms. The summed E-state index contributed by atoms with van der Waals surface area (Å²) in [7, 11) is 0. The van der Waals surface area contributed by atoms with Crippen LogP contribution in [-0.2, 0) is 19.1 Å². The van der Waals surface area contributed by atoms with Crippen LogP contribution in [0.25, 0.3) is 0 Å². The third kappa shape index (κ3) is 9.46. The topological polar surface area (TPSA) is 52.6 Å². The highest BCUT2D eigenvalue weighted by molar-refractivity contribution is 5.86. The average molecular weight is 490 g/mol. The summed E-state index contributed by atoms with van der Waals surface area (Å²) in [5.74, 6) is -15.1. The van der Waals surface area contributed by atoms with Gasteiger partial charge in [-0.05, 0) is 6.92 Å². The van der Waals surface area contributed by atoms with Gasteiger partial charge < -0.3 is 9.47 Å². The SMILES string of the molecule is C=C(C)C(=O)OCC(F)(F)C(F)(F)C(F)(F)F.C=CC(=O)OC(C(F)(F)F)C(F)(F)F. The molecule has 0 saturated carbocycles. The van der Waals surface area contributed by atoms with Crippen LogP contribution in [0.2, 0.25) is 0 Å².